The average Bonchev–Trinajstić information content (AvgIpc) is 3.24. The molecular formula is C18H25ClN4O. The number of hydrogen-bond donors (Lipinski definition) is 2. The van der Waals surface area contributed by atoms with Gasteiger partial charge in [0, 0.05) is 24.7 Å². The van der Waals surface area contributed by atoms with Crippen molar-refractivity contribution in [3.05, 3.63) is 53.9 Å². The van der Waals surface area contributed by atoms with Crippen molar-refractivity contribution in [1.29, 1.82) is 0 Å². The highest BCUT2D eigenvalue weighted by molar-refractivity contribution is 5.85. The predicted octanol–water partition coefficient (Wildman–Crippen LogP) is 2.36. The molecule has 0 aliphatic carbocycles. The van der Waals surface area contributed by atoms with E-state index in [1.54, 1.807) is 0 Å². The molecule has 1 amide bonds. The van der Waals surface area contributed by atoms with Gasteiger partial charge in [-0.25, -0.2) is 0 Å². The molecule has 1 unspecified atom stereocenters. The van der Waals surface area contributed by atoms with Gasteiger partial charge >= 0.3 is 0 Å². The zero-order valence-corrected chi connectivity index (χ0v) is 14.6. The number of hydrogen-bond acceptors (Lipinski definition) is 3. The molecule has 24 heavy (non-hydrogen) atoms. The second-order valence-corrected chi connectivity index (χ2v) is 6.21. The van der Waals surface area contributed by atoms with Gasteiger partial charge in [-0.05, 0) is 37.4 Å². The number of carbonyl (C=O) groups excluding carboxylic acids is 1. The molecule has 130 valence electrons. The predicted molar refractivity (Wildman–Crippen MR) is 97.1 cm³/mol. The van der Waals surface area contributed by atoms with Gasteiger partial charge in [0.2, 0.25) is 5.91 Å². The smallest absolute Gasteiger partial charge is 0.220 e. The third-order valence-electron chi connectivity index (χ3n) is 4.31. The van der Waals surface area contributed by atoms with Gasteiger partial charge in [-0.1, -0.05) is 30.3 Å². The van der Waals surface area contributed by atoms with E-state index in [0.29, 0.717) is 18.9 Å². The van der Waals surface area contributed by atoms with Crippen molar-refractivity contribution in [2.24, 2.45) is 5.92 Å². The minimum Gasteiger partial charge on any atom is -0.352 e. The Morgan fingerprint density at radius 1 is 1.29 bits per heavy atom. The molecule has 5 nitrogen and oxygen atoms in total. The molecule has 1 fully saturated rings. The zero-order valence-electron chi connectivity index (χ0n) is 13.8. The van der Waals surface area contributed by atoms with Crippen LogP contribution in [0.2, 0.25) is 0 Å². The van der Waals surface area contributed by atoms with Crippen molar-refractivity contribution >= 4 is 18.3 Å². The maximum Gasteiger partial charge on any atom is 0.220 e. The van der Waals surface area contributed by atoms with E-state index in [2.05, 4.69) is 27.9 Å². The molecule has 3 rings (SSSR count). The van der Waals surface area contributed by atoms with E-state index in [-0.39, 0.29) is 18.3 Å². The topological polar surface area (TPSA) is 59.0 Å². The number of nitrogens with one attached hydrogen (secondary N) is 2. The second-order valence-electron chi connectivity index (χ2n) is 6.21. The van der Waals surface area contributed by atoms with Gasteiger partial charge in [-0.15, -0.1) is 12.4 Å². The zero-order chi connectivity index (χ0) is 15.9. The molecule has 2 aromatic rings. The first-order chi connectivity index (χ1) is 11.3. The molecule has 2 N–H and O–H groups in total. The van der Waals surface area contributed by atoms with E-state index in [9.17, 15) is 4.79 Å². The summed E-state index contributed by atoms with van der Waals surface area (Å²) in [5.74, 6) is 0.794. The Balaban J connectivity index is 0.00000208. The first-order valence-electron chi connectivity index (χ1n) is 8.32. The molecule has 2 heterocycles. The number of aromatic nitrogens is 2. The fraction of sp³-hybridized carbons (Fsp3) is 0.444. The SMILES string of the molecule is Cl.O=C(CCC1CCNC1)NCc1cnn(Cc2ccccc2)c1. The lowest BCUT2D eigenvalue weighted by atomic mass is 10.0. The lowest BCUT2D eigenvalue weighted by Crippen LogP contribution is -2.23. The molecule has 1 saturated heterocycles. The maximum absolute atomic E-state index is 11.9. The Kier molecular flexibility index (Phi) is 7.28. The Morgan fingerprint density at radius 2 is 2.12 bits per heavy atom. The summed E-state index contributed by atoms with van der Waals surface area (Å²) >= 11 is 0. The first-order valence-corrected chi connectivity index (χ1v) is 8.32. The van der Waals surface area contributed by atoms with Crippen molar-refractivity contribution in [2.75, 3.05) is 13.1 Å². The minimum absolute atomic E-state index is 0. The van der Waals surface area contributed by atoms with Gasteiger partial charge in [-0.3, -0.25) is 9.48 Å². The van der Waals surface area contributed by atoms with Crippen molar-refractivity contribution in [1.82, 2.24) is 20.4 Å². The Morgan fingerprint density at radius 3 is 2.88 bits per heavy atom. The molecule has 1 aliphatic heterocycles. The van der Waals surface area contributed by atoms with Crippen molar-refractivity contribution in [2.45, 2.75) is 32.4 Å². The fourth-order valence-corrected chi connectivity index (χ4v) is 2.94. The van der Waals surface area contributed by atoms with Gasteiger partial charge in [0.1, 0.15) is 0 Å². The summed E-state index contributed by atoms with van der Waals surface area (Å²) in [5, 5.41) is 10.7. The fourth-order valence-electron chi connectivity index (χ4n) is 2.94. The largest absolute Gasteiger partial charge is 0.352 e. The summed E-state index contributed by atoms with van der Waals surface area (Å²) < 4.78 is 1.90. The molecular weight excluding hydrogens is 324 g/mol. The summed E-state index contributed by atoms with van der Waals surface area (Å²) in [7, 11) is 0. The number of rotatable bonds is 7. The minimum atomic E-state index is 0. The third kappa shape index (κ3) is 5.65. The molecule has 0 spiro atoms. The van der Waals surface area contributed by atoms with Gasteiger partial charge in [0.25, 0.3) is 0 Å². The van der Waals surface area contributed by atoms with Crippen molar-refractivity contribution in [3.63, 3.8) is 0 Å². The molecule has 1 aromatic carbocycles. The van der Waals surface area contributed by atoms with Gasteiger partial charge < -0.3 is 10.6 Å². The number of benzene rings is 1. The van der Waals surface area contributed by atoms with Crippen LogP contribution >= 0.6 is 12.4 Å². The highest BCUT2D eigenvalue weighted by Gasteiger charge is 2.15. The van der Waals surface area contributed by atoms with Crippen LogP contribution in [0.1, 0.15) is 30.4 Å². The summed E-state index contributed by atoms with van der Waals surface area (Å²) in [6.45, 7) is 3.45. The molecule has 0 bridgehead atoms. The molecule has 0 radical (unpaired) electrons. The molecule has 6 heteroatoms. The van der Waals surface area contributed by atoms with Gasteiger partial charge in [-0.2, -0.15) is 5.10 Å². The number of carbonyl (C=O) groups is 1. The second kappa shape index (κ2) is 9.45. The Hall–Kier alpha value is -1.85. The Labute approximate surface area is 149 Å². The Bertz CT molecular complexity index is 623. The van der Waals surface area contributed by atoms with Crippen LogP contribution in [0.3, 0.4) is 0 Å². The number of nitrogens with zero attached hydrogens (tertiary/aromatic N) is 2. The van der Waals surface area contributed by atoms with Crippen LogP contribution in [-0.4, -0.2) is 28.8 Å². The van der Waals surface area contributed by atoms with Crippen LogP contribution in [0, 0.1) is 5.92 Å². The van der Waals surface area contributed by atoms with Crippen molar-refractivity contribution < 1.29 is 4.79 Å². The van der Waals surface area contributed by atoms with Crippen LogP contribution in [0.5, 0.6) is 0 Å². The lowest BCUT2D eigenvalue weighted by Gasteiger charge is -2.08. The van der Waals surface area contributed by atoms with E-state index in [0.717, 1.165) is 31.6 Å². The standard InChI is InChI=1S/C18H24N4O.ClH/c23-18(7-6-15-8-9-19-10-15)20-11-17-12-21-22(14-17)13-16-4-2-1-3-5-16;/h1-5,12,14-15,19H,6-11,13H2,(H,20,23);1H. The van der Waals surface area contributed by atoms with E-state index >= 15 is 0 Å². The highest BCUT2D eigenvalue weighted by atomic mass is 35.5. The summed E-state index contributed by atoms with van der Waals surface area (Å²) in [6, 6.07) is 10.2. The average molecular weight is 349 g/mol. The van der Waals surface area contributed by atoms with E-state index < -0.39 is 0 Å². The molecule has 0 saturated carbocycles. The van der Waals surface area contributed by atoms with Crippen LogP contribution in [-0.2, 0) is 17.9 Å². The monoisotopic (exact) mass is 348 g/mol. The van der Waals surface area contributed by atoms with E-state index in [1.807, 2.05) is 35.3 Å². The molecule has 1 atom stereocenters. The normalized spacial score (nSPS) is 16.6. The van der Waals surface area contributed by atoms with E-state index in [4.69, 9.17) is 0 Å². The number of amides is 1. The molecule has 1 aliphatic rings. The van der Waals surface area contributed by atoms with Crippen LogP contribution in [0.15, 0.2) is 42.7 Å². The van der Waals surface area contributed by atoms with Gasteiger partial charge in [0.05, 0.1) is 12.7 Å². The molecule has 1 aromatic heterocycles. The third-order valence-corrected chi connectivity index (χ3v) is 4.31. The van der Waals surface area contributed by atoms with Crippen LogP contribution in [0.25, 0.3) is 0 Å². The van der Waals surface area contributed by atoms with E-state index in [1.165, 1.54) is 12.0 Å². The van der Waals surface area contributed by atoms with Gasteiger partial charge in [0.15, 0.2) is 0 Å². The van der Waals surface area contributed by atoms with Crippen LogP contribution in [0.4, 0.5) is 0 Å². The summed E-state index contributed by atoms with van der Waals surface area (Å²) in [5.41, 5.74) is 2.26. The number of halogens is 1. The lowest BCUT2D eigenvalue weighted by molar-refractivity contribution is -0.121. The first kappa shape index (κ1) is 18.5. The highest BCUT2D eigenvalue weighted by Crippen LogP contribution is 2.14. The van der Waals surface area contributed by atoms with Crippen molar-refractivity contribution in [3.8, 4) is 0 Å². The summed E-state index contributed by atoms with van der Waals surface area (Å²) in [6.07, 6.45) is 6.61. The maximum atomic E-state index is 11.9. The quantitative estimate of drug-likeness (QED) is 0.807. The summed E-state index contributed by atoms with van der Waals surface area (Å²) in [4.78, 5) is 11.9. The van der Waals surface area contributed by atoms with Crippen LogP contribution < -0.4 is 10.6 Å².